The molecule has 0 radical (unpaired) electrons. The van der Waals surface area contributed by atoms with Crippen molar-refractivity contribution in [3.63, 3.8) is 0 Å². The predicted octanol–water partition coefficient (Wildman–Crippen LogP) is 4.61. The van der Waals surface area contributed by atoms with Crippen LogP contribution in [-0.4, -0.2) is 27.7 Å². The van der Waals surface area contributed by atoms with Crippen molar-refractivity contribution >= 4 is 11.4 Å². The van der Waals surface area contributed by atoms with Crippen LogP contribution in [0.5, 0.6) is 11.5 Å². The summed E-state index contributed by atoms with van der Waals surface area (Å²) in [4.78, 5) is 27.3. The molecule has 2 aliphatic rings. The summed E-state index contributed by atoms with van der Waals surface area (Å²) in [5.74, 6) is 1.12. The molecule has 4 aromatic rings. The Bertz CT molecular complexity index is 1450. The first-order valence-electron chi connectivity index (χ1n) is 12.2. The minimum Gasteiger partial charge on any atom is -0.454 e. The molecule has 0 bridgehead atoms. The van der Waals surface area contributed by atoms with E-state index in [0.717, 1.165) is 42.5 Å². The van der Waals surface area contributed by atoms with Crippen LogP contribution in [0.1, 0.15) is 48.2 Å². The Hall–Kier alpha value is -4.00. The third kappa shape index (κ3) is 4.07. The number of aromatic nitrogens is 2. The van der Waals surface area contributed by atoms with Gasteiger partial charge in [0.25, 0.3) is 11.5 Å². The van der Waals surface area contributed by atoms with Gasteiger partial charge in [-0.3, -0.25) is 14.2 Å². The smallest absolute Gasteiger partial charge is 0.275 e. The van der Waals surface area contributed by atoms with Gasteiger partial charge < -0.3 is 19.2 Å². The average Bonchev–Trinajstić information content (AvgIpc) is 3.53. The number of nitrogens with one attached hydrogen (secondary N) is 1. The molecule has 7 heteroatoms. The third-order valence-electron chi connectivity index (χ3n) is 6.94. The van der Waals surface area contributed by atoms with Crippen LogP contribution in [0.3, 0.4) is 0 Å². The van der Waals surface area contributed by atoms with Gasteiger partial charge in [0.2, 0.25) is 6.79 Å². The van der Waals surface area contributed by atoms with E-state index in [2.05, 4.69) is 5.32 Å². The van der Waals surface area contributed by atoms with E-state index >= 15 is 0 Å². The number of amides is 1. The molecule has 1 fully saturated rings. The first kappa shape index (κ1) is 21.5. The summed E-state index contributed by atoms with van der Waals surface area (Å²) in [7, 11) is 0. The lowest BCUT2D eigenvalue weighted by molar-refractivity contribution is 0.0917. The highest BCUT2D eigenvalue weighted by molar-refractivity contribution is 5.93. The maximum absolute atomic E-state index is 13.7. The number of hydrogen-bond donors (Lipinski definition) is 1. The molecule has 1 N–H and O–H groups in total. The second-order valence-electron chi connectivity index (χ2n) is 9.24. The number of nitrogens with zero attached hydrogens (tertiary/aromatic N) is 2. The number of fused-ring (bicyclic) bond motifs is 2. The Morgan fingerprint density at radius 1 is 0.943 bits per heavy atom. The zero-order chi connectivity index (χ0) is 23.8. The summed E-state index contributed by atoms with van der Waals surface area (Å²) >= 11 is 0. The second kappa shape index (κ2) is 8.98. The van der Waals surface area contributed by atoms with Gasteiger partial charge >= 0.3 is 0 Å². The monoisotopic (exact) mass is 469 g/mol. The summed E-state index contributed by atoms with van der Waals surface area (Å²) in [6, 6.07) is 19.4. The number of carbonyl (C=O) groups is 1. The van der Waals surface area contributed by atoms with Crippen LogP contribution in [0.2, 0.25) is 0 Å². The van der Waals surface area contributed by atoms with Gasteiger partial charge in [-0.15, -0.1) is 0 Å². The molecule has 0 atom stereocenters. The Labute approximate surface area is 202 Å². The highest BCUT2D eigenvalue weighted by Crippen LogP contribution is 2.33. The van der Waals surface area contributed by atoms with Gasteiger partial charge in [0.1, 0.15) is 11.2 Å². The minimum absolute atomic E-state index is 0.138. The van der Waals surface area contributed by atoms with Gasteiger partial charge in [-0.2, -0.15) is 0 Å². The van der Waals surface area contributed by atoms with E-state index in [4.69, 9.17) is 9.47 Å². The molecule has 0 spiro atoms. The highest BCUT2D eigenvalue weighted by Gasteiger charge is 2.23. The number of carbonyl (C=O) groups excluding carboxylic acids is 1. The van der Waals surface area contributed by atoms with Crippen molar-refractivity contribution in [2.75, 3.05) is 6.79 Å². The Balaban J connectivity index is 1.45. The summed E-state index contributed by atoms with van der Waals surface area (Å²) in [5.41, 5.74) is 3.39. The maximum Gasteiger partial charge on any atom is 0.275 e. The van der Waals surface area contributed by atoms with Crippen molar-refractivity contribution in [1.29, 1.82) is 0 Å². The fourth-order valence-electron chi connectivity index (χ4n) is 5.11. The van der Waals surface area contributed by atoms with Crippen molar-refractivity contribution < 1.29 is 14.3 Å². The number of rotatable bonds is 5. The number of hydrogen-bond acceptors (Lipinski definition) is 4. The van der Waals surface area contributed by atoms with Gasteiger partial charge in [-0.05, 0) is 48.2 Å². The lowest BCUT2D eigenvalue weighted by Gasteiger charge is -2.24. The summed E-state index contributed by atoms with van der Waals surface area (Å²) in [6.45, 7) is 0.442. The van der Waals surface area contributed by atoms with Crippen molar-refractivity contribution in [2.45, 2.75) is 44.7 Å². The zero-order valence-corrected chi connectivity index (χ0v) is 19.4. The molecular formula is C28H27N3O4. The third-order valence-corrected chi connectivity index (χ3v) is 6.94. The zero-order valence-electron chi connectivity index (χ0n) is 19.4. The molecule has 1 aliphatic carbocycles. The summed E-state index contributed by atoms with van der Waals surface area (Å²) in [5, 5.41) is 3.19. The predicted molar refractivity (Wildman–Crippen MR) is 133 cm³/mol. The quantitative estimate of drug-likeness (QED) is 0.463. The van der Waals surface area contributed by atoms with Gasteiger partial charge in [-0.25, -0.2) is 0 Å². The Morgan fingerprint density at radius 3 is 2.57 bits per heavy atom. The first-order valence-corrected chi connectivity index (χ1v) is 12.2. The van der Waals surface area contributed by atoms with E-state index in [1.807, 2.05) is 65.1 Å². The van der Waals surface area contributed by atoms with Crippen LogP contribution in [0.15, 0.2) is 71.7 Å². The van der Waals surface area contributed by atoms with Crippen molar-refractivity contribution in [3.05, 3.63) is 88.5 Å². The van der Waals surface area contributed by atoms with Crippen LogP contribution in [0.25, 0.3) is 16.8 Å². The van der Waals surface area contributed by atoms with Crippen molar-refractivity contribution in [1.82, 2.24) is 14.3 Å². The lowest BCUT2D eigenvalue weighted by Crippen LogP contribution is -2.40. The highest BCUT2D eigenvalue weighted by atomic mass is 16.7. The molecule has 7 nitrogen and oxygen atoms in total. The molecule has 178 valence electrons. The second-order valence-corrected chi connectivity index (χ2v) is 9.24. The standard InChI is InChI=1S/C28H27N3O4/c32-27(29-21-9-5-2-6-10-21)24-17-30-22(20-7-3-1-4-8-20)12-13-23(30)28(33)31(24)16-19-11-14-25-26(15-19)35-18-34-25/h1,3-4,7-8,11-15,17,21H,2,5-6,9-10,16,18H2,(H,29,32). The average molecular weight is 470 g/mol. The lowest BCUT2D eigenvalue weighted by atomic mass is 9.95. The molecule has 0 saturated heterocycles. The van der Waals surface area contributed by atoms with Crippen molar-refractivity contribution in [3.8, 4) is 22.8 Å². The minimum atomic E-state index is -0.218. The van der Waals surface area contributed by atoms with Gasteiger partial charge in [0.15, 0.2) is 11.5 Å². The Morgan fingerprint density at radius 2 is 1.74 bits per heavy atom. The van der Waals surface area contributed by atoms with Crippen LogP contribution in [0.4, 0.5) is 0 Å². The van der Waals surface area contributed by atoms with Crippen LogP contribution in [-0.2, 0) is 6.54 Å². The molecule has 35 heavy (non-hydrogen) atoms. The van der Waals surface area contributed by atoms with E-state index < -0.39 is 0 Å². The van der Waals surface area contributed by atoms with Crippen LogP contribution < -0.4 is 20.3 Å². The van der Waals surface area contributed by atoms with Gasteiger partial charge in [0.05, 0.1) is 12.2 Å². The fourth-order valence-corrected chi connectivity index (χ4v) is 5.11. The molecule has 0 unspecified atom stereocenters. The molecule has 1 aliphatic heterocycles. The van der Waals surface area contributed by atoms with Gasteiger partial charge in [0, 0.05) is 12.2 Å². The van der Waals surface area contributed by atoms with Gasteiger partial charge in [-0.1, -0.05) is 55.7 Å². The number of ether oxygens (including phenoxy) is 2. The fraction of sp³-hybridized carbons (Fsp3) is 0.286. The van der Waals surface area contributed by atoms with E-state index in [-0.39, 0.29) is 30.8 Å². The topological polar surface area (TPSA) is 74.0 Å². The molecule has 3 heterocycles. The first-order chi connectivity index (χ1) is 17.2. The van der Waals surface area contributed by atoms with Crippen LogP contribution >= 0.6 is 0 Å². The summed E-state index contributed by atoms with van der Waals surface area (Å²) < 4.78 is 14.3. The molecule has 1 amide bonds. The largest absolute Gasteiger partial charge is 0.454 e. The van der Waals surface area contributed by atoms with Crippen LogP contribution in [0, 0.1) is 0 Å². The summed E-state index contributed by atoms with van der Waals surface area (Å²) in [6.07, 6.45) is 7.17. The molecule has 2 aromatic carbocycles. The maximum atomic E-state index is 13.7. The molecule has 6 rings (SSSR count). The molecule has 2 aromatic heterocycles. The van der Waals surface area contributed by atoms with E-state index in [1.165, 1.54) is 6.42 Å². The van der Waals surface area contributed by atoms with E-state index in [0.29, 0.717) is 22.7 Å². The molecular weight excluding hydrogens is 442 g/mol. The normalized spacial score (nSPS) is 15.4. The van der Waals surface area contributed by atoms with Crippen molar-refractivity contribution in [2.24, 2.45) is 0 Å². The van der Waals surface area contributed by atoms with E-state index in [9.17, 15) is 9.59 Å². The number of benzene rings is 2. The SMILES string of the molecule is O=C(NC1CCCCC1)c1cn2c(-c3ccccc3)ccc2c(=O)n1Cc1ccc2c(c1)OCO2. The van der Waals surface area contributed by atoms with E-state index in [1.54, 1.807) is 10.8 Å². The molecule has 1 saturated carbocycles. The Kier molecular flexibility index (Phi) is 5.52.